The maximum absolute atomic E-state index is 15.6. The van der Waals surface area contributed by atoms with Gasteiger partial charge in [-0.15, -0.1) is 0 Å². The number of aryl methyl sites for hydroxylation is 1. The number of carbonyl (C=O) groups is 2. The summed E-state index contributed by atoms with van der Waals surface area (Å²) in [6, 6.07) is 12.7. The number of methoxy groups -OCH3 is 1. The first-order valence-electron chi connectivity index (χ1n) is 15.3. The molecule has 2 heterocycles. The van der Waals surface area contributed by atoms with Crippen LogP contribution in [0, 0.1) is 17.7 Å². The Morgan fingerprint density at radius 3 is 2.71 bits per heavy atom. The fourth-order valence-corrected chi connectivity index (χ4v) is 6.55. The molecular formula is C33H46FN3O4. The van der Waals surface area contributed by atoms with Crippen LogP contribution >= 0.6 is 0 Å². The van der Waals surface area contributed by atoms with Gasteiger partial charge in [-0.2, -0.15) is 0 Å². The van der Waals surface area contributed by atoms with Gasteiger partial charge in [0.25, 0.3) is 0 Å². The van der Waals surface area contributed by atoms with E-state index in [-0.39, 0.29) is 17.6 Å². The Bertz CT molecular complexity index is 1170. The van der Waals surface area contributed by atoms with Crippen molar-refractivity contribution in [2.24, 2.45) is 11.8 Å². The van der Waals surface area contributed by atoms with Crippen molar-refractivity contribution in [3.05, 3.63) is 59.4 Å². The molecule has 4 rings (SSSR count). The highest BCUT2D eigenvalue weighted by atomic mass is 19.1. The molecule has 8 heteroatoms. The highest BCUT2D eigenvalue weighted by Crippen LogP contribution is 2.44. The van der Waals surface area contributed by atoms with Gasteiger partial charge >= 0.3 is 6.09 Å². The fraction of sp³-hybridized carbons (Fsp3) is 0.576. The van der Waals surface area contributed by atoms with Crippen LogP contribution in [0.25, 0.3) is 11.1 Å². The maximum Gasteiger partial charge on any atom is 0.406 e. The predicted octanol–water partition coefficient (Wildman–Crippen LogP) is 5.40. The standard InChI is InChI=1S/C33H46FN3O4/c1-3-24-8-4-9-26(22-24)31-28(11-5-12-29(31)34)33(40,17-7-18-36-32(39)41-2)27-10-6-21-37(23-27)30(38)14-13-25-15-19-35-20-16-25/h4-5,8-9,11-12,22,25,27,35,40H,3,6-7,10,13-21,23H2,1-2H3,(H,36,39)/t27-,33?/m1/s1. The van der Waals surface area contributed by atoms with Crippen LogP contribution in [0.3, 0.4) is 0 Å². The number of halogens is 1. The van der Waals surface area contributed by atoms with Gasteiger partial charge in [-0.1, -0.05) is 43.3 Å². The van der Waals surface area contributed by atoms with Crippen molar-refractivity contribution in [2.75, 3.05) is 39.8 Å². The number of hydrogen-bond acceptors (Lipinski definition) is 5. The normalized spacial score (nSPS) is 19.4. The van der Waals surface area contributed by atoms with Crippen LogP contribution in [0.1, 0.15) is 69.4 Å². The van der Waals surface area contributed by atoms with E-state index >= 15 is 4.39 Å². The van der Waals surface area contributed by atoms with Crippen LogP contribution in [0.4, 0.5) is 9.18 Å². The van der Waals surface area contributed by atoms with Crippen molar-refractivity contribution in [1.82, 2.24) is 15.5 Å². The first-order chi connectivity index (χ1) is 19.9. The quantitative estimate of drug-likeness (QED) is 0.317. The first-order valence-corrected chi connectivity index (χ1v) is 15.3. The monoisotopic (exact) mass is 567 g/mol. The number of nitrogens with zero attached hydrogens (tertiary/aromatic N) is 1. The molecule has 0 radical (unpaired) electrons. The average Bonchev–Trinajstić information content (AvgIpc) is 3.02. The number of ether oxygens (including phenoxy) is 1. The molecule has 41 heavy (non-hydrogen) atoms. The van der Waals surface area contributed by atoms with Gasteiger partial charge < -0.3 is 25.4 Å². The summed E-state index contributed by atoms with van der Waals surface area (Å²) in [5, 5.41) is 18.7. The highest BCUT2D eigenvalue weighted by molar-refractivity contribution is 5.76. The first kappa shape index (κ1) is 31.0. The molecule has 0 aromatic heterocycles. The zero-order chi connectivity index (χ0) is 29.2. The molecule has 3 N–H and O–H groups in total. The molecule has 2 aromatic carbocycles. The lowest BCUT2D eigenvalue weighted by molar-refractivity contribution is -0.137. The van der Waals surface area contributed by atoms with E-state index in [0.717, 1.165) is 62.7 Å². The minimum atomic E-state index is -1.40. The number of benzene rings is 2. The minimum absolute atomic E-state index is 0.137. The smallest absolute Gasteiger partial charge is 0.406 e. The summed E-state index contributed by atoms with van der Waals surface area (Å²) >= 11 is 0. The summed E-state index contributed by atoms with van der Waals surface area (Å²) in [6.45, 7) is 5.51. The Morgan fingerprint density at radius 1 is 1.17 bits per heavy atom. The summed E-state index contributed by atoms with van der Waals surface area (Å²) in [7, 11) is 1.31. The number of likely N-dealkylation sites (tertiary alicyclic amines) is 1. The lowest BCUT2D eigenvalue weighted by Crippen LogP contribution is -2.48. The molecule has 224 valence electrons. The second kappa shape index (κ2) is 14.8. The van der Waals surface area contributed by atoms with Gasteiger partial charge in [-0.05, 0) is 93.1 Å². The predicted molar refractivity (Wildman–Crippen MR) is 159 cm³/mol. The molecule has 2 aliphatic heterocycles. The van der Waals surface area contributed by atoms with Gasteiger partial charge in [0.05, 0.1) is 12.7 Å². The van der Waals surface area contributed by atoms with E-state index in [4.69, 9.17) is 4.74 Å². The lowest BCUT2D eigenvalue weighted by Gasteiger charge is -2.44. The van der Waals surface area contributed by atoms with Crippen LogP contribution in [0.2, 0.25) is 0 Å². The van der Waals surface area contributed by atoms with Crippen LogP contribution in [-0.2, 0) is 21.6 Å². The number of piperidine rings is 2. The Morgan fingerprint density at radius 2 is 1.95 bits per heavy atom. The maximum atomic E-state index is 15.6. The number of rotatable bonds is 11. The molecule has 1 unspecified atom stereocenters. The molecule has 2 aliphatic rings. The second-order valence-electron chi connectivity index (χ2n) is 11.6. The number of alkyl carbamates (subject to hydrolysis) is 1. The van der Waals surface area contributed by atoms with Gasteiger partial charge in [-0.25, -0.2) is 9.18 Å². The van der Waals surface area contributed by atoms with Crippen molar-refractivity contribution in [2.45, 2.75) is 70.3 Å². The van der Waals surface area contributed by atoms with E-state index in [1.807, 2.05) is 35.2 Å². The van der Waals surface area contributed by atoms with E-state index in [2.05, 4.69) is 17.6 Å². The number of nitrogens with one attached hydrogen (secondary N) is 2. The number of aliphatic hydroxyl groups is 1. The highest BCUT2D eigenvalue weighted by Gasteiger charge is 2.43. The molecule has 2 amide bonds. The van der Waals surface area contributed by atoms with Crippen LogP contribution < -0.4 is 10.6 Å². The number of carbonyl (C=O) groups excluding carboxylic acids is 2. The van der Waals surface area contributed by atoms with E-state index in [0.29, 0.717) is 55.9 Å². The summed E-state index contributed by atoms with van der Waals surface area (Å²) in [6.07, 6.45) is 6.21. The SMILES string of the molecule is CCc1cccc(-c2c(F)cccc2C(O)(CCCNC(=O)OC)[C@@H]2CCCN(C(=O)CCC3CCNCC3)C2)c1. The van der Waals surface area contributed by atoms with Crippen molar-refractivity contribution in [1.29, 1.82) is 0 Å². The van der Waals surface area contributed by atoms with Gasteiger partial charge in [0.1, 0.15) is 5.82 Å². The molecular weight excluding hydrogens is 521 g/mol. The largest absolute Gasteiger partial charge is 0.453 e. The van der Waals surface area contributed by atoms with Gasteiger partial charge in [0, 0.05) is 37.5 Å². The van der Waals surface area contributed by atoms with E-state index < -0.39 is 11.7 Å². The van der Waals surface area contributed by atoms with Crippen LogP contribution in [0.15, 0.2) is 42.5 Å². The van der Waals surface area contributed by atoms with E-state index in [1.165, 1.54) is 13.2 Å². The second-order valence-corrected chi connectivity index (χ2v) is 11.6. The molecule has 0 spiro atoms. The molecule has 2 saturated heterocycles. The third kappa shape index (κ3) is 7.86. The fourth-order valence-electron chi connectivity index (χ4n) is 6.55. The summed E-state index contributed by atoms with van der Waals surface area (Å²) < 4.78 is 20.3. The third-order valence-electron chi connectivity index (χ3n) is 8.97. The van der Waals surface area contributed by atoms with Gasteiger partial charge in [0.2, 0.25) is 5.91 Å². The zero-order valence-corrected chi connectivity index (χ0v) is 24.6. The van der Waals surface area contributed by atoms with E-state index in [9.17, 15) is 14.7 Å². The zero-order valence-electron chi connectivity index (χ0n) is 24.6. The Labute approximate surface area is 243 Å². The van der Waals surface area contributed by atoms with Crippen molar-refractivity contribution in [3.8, 4) is 11.1 Å². The van der Waals surface area contributed by atoms with Crippen molar-refractivity contribution < 1.29 is 23.8 Å². The molecule has 0 saturated carbocycles. The number of amides is 2. The third-order valence-corrected chi connectivity index (χ3v) is 8.97. The van der Waals surface area contributed by atoms with Crippen molar-refractivity contribution >= 4 is 12.0 Å². The Balaban J connectivity index is 1.61. The van der Waals surface area contributed by atoms with Crippen LogP contribution in [0.5, 0.6) is 0 Å². The van der Waals surface area contributed by atoms with Gasteiger partial charge in [0.15, 0.2) is 0 Å². The van der Waals surface area contributed by atoms with Gasteiger partial charge in [-0.3, -0.25) is 4.79 Å². The Kier molecular flexibility index (Phi) is 11.2. The molecule has 7 nitrogen and oxygen atoms in total. The summed E-state index contributed by atoms with van der Waals surface area (Å²) in [4.78, 5) is 26.9. The molecule has 2 aromatic rings. The average molecular weight is 568 g/mol. The van der Waals surface area contributed by atoms with E-state index in [1.54, 1.807) is 6.07 Å². The van der Waals surface area contributed by atoms with Crippen molar-refractivity contribution in [3.63, 3.8) is 0 Å². The molecule has 2 atom stereocenters. The Hall–Kier alpha value is -2.97. The molecule has 0 bridgehead atoms. The minimum Gasteiger partial charge on any atom is -0.453 e. The van der Waals surface area contributed by atoms with Crippen LogP contribution in [-0.4, -0.2) is 61.8 Å². The number of hydrogen-bond donors (Lipinski definition) is 3. The summed E-state index contributed by atoms with van der Waals surface area (Å²) in [5.74, 6) is 0.0616. The lowest BCUT2D eigenvalue weighted by atomic mass is 9.72. The topological polar surface area (TPSA) is 90.9 Å². The summed E-state index contributed by atoms with van der Waals surface area (Å²) in [5.41, 5.74) is 1.37. The molecule has 0 aliphatic carbocycles. The molecule has 2 fully saturated rings.